The van der Waals surface area contributed by atoms with Crippen LogP contribution in [0.3, 0.4) is 0 Å². The number of halogens is 2. The normalized spacial score (nSPS) is 21.9. The molecule has 0 spiro atoms. The maximum atomic E-state index is 12.0. The summed E-state index contributed by atoms with van der Waals surface area (Å²) in [6.45, 7) is 2.25. The molecule has 1 aliphatic carbocycles. The lowest BCUT2D eigenvalue weighted by Crippen LogP contribution is -2.13. The molecule has 0 atom stereocenters. The predicted octanol–water partition coefficient (Wildman–Crippen LogP) is 6.27. The molecule has 0 aliphatic heterocycles. The molecule has 0 amide bonds. The van der Waals surface area contributed by atoms with E-state index in [1.54, 1.807) is 12.1 Å². The third-order valence-corrected chi connectivity index (χ3v) is 4.45. The zero-order valence-electron chi connectivity index (χ0n) is 12.7. The third kappa shape index (κ3) is 5.14. The van der Waals surface area contributed by atoms with Crippen molar-refractivity contribution in [1.29, 1.82) is 0 Å². The maximum absolute atomic E-state index is 12.0. The Hall–Kier alpha value is -1.38. The fraction of sp³-hybridized carbons (Fsp3) is 0.556. The van der Waals surface area contributed by atoms with E-state index in [1.807, 2.05) is 12.1 Å². The molecule has 1 fully saturated rings. The standard InChI is InChI=1S/C18H24F2O/c1-2-3-4-14-5-7-15(8-6-14)16-9-11-17(12-10-16)21-13-18(19)20/h9-15H,2-8H2,1H3. The van der Waals surface area contributed by atoms with Gasteiger partial charge in [0.2, 0.25) is 0 Å². The molecule has 0 saturated heterocycles. The summed E-state index contributed by atoms with van der Waals surface area (Å²) >= 11 is 0. The van der Waals surface area contributed by atoms with Gasteiger partial charge in [0, 0.05) is 0 Å². The van der Waals surface area contributed by atoms with Crippen LogP contribution in [-0.2, 0) is 0 Å². The zero-order valence-corrected chi connectivity index (χ0v) is 12.7. The molecule has 0 radical (unpaired) electrons. The van der Waals surface area contributed by atoms with E-state index in [4.69, 9.17) is 4.74 Å². The van der Waals surface area contributed by atoms with Gasteiger partial charge in [0.05, 0.1) is 0 Å². The number of rotatable bonds is 6. The number of ether oxygens (including phenoxy) is 1. The Morgan fingerprint density at radius 2 is 1.81 bits per heavy atom. The quantitative estimate of drug-likeness (QED) is 0.562. The fourth-order valence-electron chi connectivity index (χ4n) is 3.21. The molecule has 3 heteroatoms. The smallest absolute Gasteiger partial charge is 0.305 e. The Labute approximate surface area is 126 Å². The van der Waals surface area contributed by atoms with Crippen LogP contribution >= 0.6 is 0 Å². The van der Waals surface area contributed by atoms with Crippen molar-refractivity contribution in [2.45, 2.75) is 57.8 Å². The lowest BCUT2D eigenvalue weighted by atomic mass is 9.77. The minimum Gasteiger partial charge on any atom is -0.459 e. The van der Waals surface area contributed by atoms with Crippen LogP contribution in [0.1, 0.15) is 63.4 Å². The van der Waals surface area contributed by atoms with Crippen LogP contribution in [0, 0.1) is 5.92 Å². The first-order valence-electron chi connectivity index (χ1n) is 7.96. The van der Waals surface area contributed by atoms with Gasteiger partial charge < -0.3 is 4.74 Å². The highest BCUT2D eigenvalue weighted by Crippen LogP contribution is 2.38. The molecule has 116 valence electrons. The van der Waals surface area contributed by atoms with E-state index in [1.165, 1.54) is 50.5 Å². The van der Waals surface area contributed by atoms with Gasteiger partial charge >= 0.3 is 6.08 Å². The number of hydrogen-bond acceptors (Lipinski definition) is 1. The second kappa shape index (κ2) is 8.16. The lowest BCUT2D eigenvalue weighted by Gasteiger charge is -2.28. The number of benzene rings is 1. The first-order chi connectivity index (χ1) is 10.2. The lowest BCUT2D eigenvalue weighted by molar-refractivity contribution is 0.304. The van der Waals surface area contributed by atoms with Crippen molar-refractivity contribution in [2.24, 2.45) is 5.92 Å². The van der Waals surface area contributed by atoms with Gasteiger partial charge in [0.1, 0.15) is 5.75 Å². The van der Waals surface area contributed by atoms with E-state index >= 15 is 0 Å². The predicted molar refractivity (Wildman–Crippen MR) is 81.6 cm³/mol. The Kier molecular flexibility index (Phi) is 6.21. The first kappa shape index (κ1) is 16.0. The van der Waals surface area contributed by atoms with Gasteiger partial charge in [-0.2, -0.15) is 8.78 Å². The SMILES string of the molecule is CCCCC1CCC(c2ccc(OC=C(F)F)cc2)CC1. The van der Waals surface area contributed by atoms with Gasteiger partial charge in [-0.25, -0.2) is 0 Å². The van der Waals surface area contributed by atoms with Crippen molar-refractivity contribution in [3.8, 4) is 5.75 Å². The molecule has 0 bridgehead atoms. The summed E-state index contributed by atoms with van der Waals surface area (Å²) in [5, 5.41) is 0. The summed E-state index contributed by atoms with van der Waals surface area (Å²) in [5.41, 5.74) is 1.31. The molecule has 1 aromatic rings. The molecule has 1 aromatic carbocycles. The highest BCUT2D eigenvalue weighted by molar-refractivity contribution is 5.30. The highest BCUT2D eigenvalue weighted by Gasteiger charge is 2.21. The van der Waals surface area contributed by atoms with Crippen molar-refractivity contribution >= 4 is 0 Å². The highest BCUT2D eigenvalue weighted by atomic mass is 19.3. The van der Waals surface area contributed by atoms with Gasteiger partial charge in [0.15, 0.2) is 6.26 Å². The summed E-state index contributed by atoms with van der Waals surface area (Å²) in [6, 6.07) is 7.57. The number of unbranched alkanes of at least 4 members (excludes halogenated alkanes) is 1. The monoisotopic (exact) mass is 294 g/mol. The Morgan fingerprint density at radius 3 is 2.38 bits per heavy atom. The molecule has 0 unspecified atom stereocenters. The van der Waals surface area contributed by atoms with Crippen LogP contribution in [0.5, 0.6) is 5.75 Å². The van der Waals surface area contributed by atoms with E-state index in [0.29, 0.717) is 17.9 Å². The zero-order chi connectivity index (χ0) is 15.1. The Morgan fingerprint density at radius 1 is 1.14 bits per heavy atom. The van der Waals surface area contributed by atoms with Crippen molar-refractivity contribution in [1.82, 2.24) is 0 Å². The minimum absolute atomic E-state index is 0.461. The largest absolute Gasteiger partial charge is 0.459 e. The van der Waals surface area contributed by atoms with Gasteiger partial charge in [0.25, 0.3) is 0 Å². The molecule has 0 aromatic heterocycles. The second-order valence-electron chi connectivity index (χ2n) is 5.95. The molecule has 1 nitrogen and oxygen atoms in total. The first-order valence-corrected chi connectivity index (χ1v) is 7.96. The molecule has 2 rings (SSSR count). The average molecular weight is 294 g/mol. The molecule has 21 heavy (non-hydrogen) atoms. The van der Waals surface area contributed by atoms with Crippen LogP contribution < -0.4 is 4.74 Å². The van der Waals surface area contributed by atoms with Crippen LogP contribution in [0.15, 0.2) is 36.6 Å². The summed E-state index contributed by atoms with van der Waals surface area (Å²) in [5.74, 6) is 1.98. The van der Waals surface area contributed by atoms with Gasteiger partial charge in [-0.05, 0) is 55.2 Å². The van der Waals surface area contributed by atoms with Crippen LogP contribution in [0.2, 0.25) is 0 Å². The molecule has 1 aliphatic rings. The van der Waals surface area contributed by atoms with Crippen LogP contribution in [0.25, 0.3) is 0 Å². The van der Waals surface area contributed by atoms with Crippen molar-refractivity contribution < 1.29 is 13.5 Å². The summed E-state index contributed by atoms with van der Waals surface area (Å²) in [6.07, 6.45) is 7.79. The van der Waals surface area contributed by atoms with E-state index in [9.17, 15) is 8.78 Å². The number of hydrogen-bond donors (Lipinski definition) is 0. The average Bonchev–Trinajstić information content (AvgIpc) is 2.52. The van der Waals surface area contributed by atoms with E-state index in [0.717, 1.165) is 5.92 Å². The van der Waals surface area contributed by atoms with Crippen molar-refractivity contribution in [2.75, 3.05) is 0 Å². The summed E-state index contributed by atoms with van der Waals surface area (Å²) < 4.78 is 28.8. The fourth-order valence-corrected chi connectivity index (χ4v) is 3.21. The van der Waals surface area contributed by atoms with E-state index in [-0.39, 0.29) is 0 Å². The maximum Gasteiger partial charge on any atom is 0.305 e. The van der Waals surface area contributed by atoms with Gasteiger partial charge in [-0.15, -0.1) is 0 Å². The van der Waals surface area contributed by atoms with Crippen molar-refractivity contribution in [3.05, 3.63) is 42.2 Å². The Bertz CT molecular complexity index is 441. The molecular formula is C18H24F2O. The molecule has 0 heterocycles. The summed E-state index contributed by atoms with van der Waals surface area (Å²) in [7, 11) is 0. The van der Waals surface area contributed by atoms with Gasteiger partial charge in [-0.3, -0.25) is 0 Å². The second-order valence-corrected chi connectivity index (χ2v) is 5.95. The van der Waals surface area contributed by atoms with Crippen LogP contribution in [0.4, 0.5) is 8.78 Å². The topological polar surface area (TPSA) is 9.23 Å². The van der Waals surface area contributed by atoms with E-state index in [2.05, 4.69) is 6.92 Å². The molecule has 0 N–H and O–H groups in total. The minimum atomic E-state index is -1.82. The third-order valence-electron chi connectivity index (χ3n) is 4.45. The van der Waals surface area contributed by atoms with Gasteiger partial charge in [-0.1, -0.05) is 38.3 Å². The Balaban J connectivity index is 1.84. The molecular weight excluding hydrogens is 270 g/mol. The van der Waals surface area contributed by atoms with Crippen LogP contribution in [-0.4, -0.2) is 0 Å². The molecule has 1 saturated carbocycles. The van der Waals surface area contributed by atoms with Crippen molar-refractivity contribution in [3.63, 3.8) is 0 Å². The summed E-state index contributed by atoms with van der Waals surface area (Å²) in [4.78, 5) is 0. The van der Waals surface area contributed by atoms with E-state index < -0.39 is 6.08 Å².